The van der Waals surface area contributed by atoms with Crippen molar-refractivity contribution in [1.82, 2.24) is 24.6 Å². The van der Waals surface area contributed by atoms with Crippen LogP contribution in [0.4, 0.5) is 11.6 Å². The fourth-order valence-corrected chi connectivity index (χ4v) is 4.54. The summed E-state index contributed by atoms with van der Waals surface area (Å²) in [6.45, 7) is 5.66. The van der Waals surface area contributed by atoms with Gasteiger partial charge in [-0.15, -0.1) is 0 Å². The molecule has 2 aliphatic rings. The maximum absolute atomic E-state index is 12.7. The van der Waals surface area contributed by atoms with Crippen molar-refractivity contribution in [2.45, 2.75) is 32.6 Å². The minimum absolute atomic E-state index is 0.0679. The zero-order valence-electron chi connectivity index (χ0n) is 16.7. The van der Waals surface area contributed by atoms with Crippen molar-refractivity contribution in [3.05, 3.63) is 29.8 Å². The molecule has 0 unspecified atom stereocenters. The number of aromatic nitrogens is 4. The molecule has 0 radical (unpaired) electrons. The number of likely N-dealkylation sites (tertiary alicyclic amines) is 1. The number of carbonyl (C=O) groups excluding carboxylic acids is 1. The number of nitrogen functional groups attached to an aromatic ring is 1. The van der Waals surface area contributed by atoms with E-state index < -0.39 is 0 Å². The van der Waals surface area contributed by atoms with Gasteiger partial charge in [-0.2, -0.15) is 5.10 Å². The number of nitrogens with zero attached hydrogens (tertiary/aromatic N) is 6. The quantitative estimate of drug-likeness (QED) is 0.870. The summed E-state index contributed by atoms with van der Waals surface area (Å²) < 4.78 is 1.76. The largest absolute Gasteiger partial charge is 0.384 e. The fraction of sp³-hybridized carbons (Fsp3) is 0.600. The maximum atomic E-state index is 12.7. The summed E-state index contributed by atoms with van der Waals surface area (Å²) in [4.78, 5) is 25.3. The van der Waals surface area contributed by atoms with E-state index in [9.17, 15) is 4.79 Å². The molecule has 1 amide bonds. The first kappa shape index (κ1) is 18.7. The molecule has 0 aliphatic carbocycles. The molecule has 2 aromatic rings. The van der Waals surface area contributed by atoms with Crippen LogP contribution in [0, 0.1) is 18.8 Å². The first-order valence-electron chi connectivity index (χ1n) is 10.1. The standard InChI is InChI=1S/C20H29N7O/c1-14-11-17(24-25(14)2)20(28)27-9-5-16(6-10-27)15-3-7-26(8-4-15)19-12-18(21)22-13-23-19/h11-13,15-16H,3-10H2,1-2H3,(H2,21,22,23). The van der Waals surface area contributed by atoms with E-state index in [1.165, 1.54) is 19.2 Å². The second-order valence-electron chi connectivity index (χ2n) is 8.05. The second kappa shape index (κ2) is 7.77. The Labute approximate surface area is 165 Å². The molecule has 0 atom stereocenters. The predicted molar refractivity (Wildman–Crippen MR) is 108 cm³/mol. The molecule has 2 fully saturated rings. The van der Waals surface area contributed by atoms with Crippen molar-refractivity contribution in [3.8, 4) is 0 Å². The van der Waals surface area contributed by atoms with E-state index in [-0.39, 0.29) is 5.91 Å². The Balaban J connectivity index is 1.28. The molecule has 150 valence electrons. The van der Waals surface area contributed by atoms with Crippen LogP contribution in [0.3, 0.4) is 0 Å². The van der Waals surface area contributed by atoms with Gasteiger partial charge in [-0.1, -0.05) is 0 Å². The average molecular weight is 384 g/mol. The number of hydrogen-bond donors (Lipinski definition) is 1. The molecule has 4 heterocycles. The molecule has 4 rings (SSSR count). The van der Waals surface area contributed by atoms with Gasteiger partial charge in [0.25, 0.3) is 5.91 Å². The van der Waals surface area contributed by atoms with E-state index in [1.807, 2.05) is 31.0 Å². The Bertz CT molecular complexity index is 813. The highest BCUT2D eigenvalue weighted by molar-refractivity contribution is 5.92. The number of nitrogens with two attached hydrogens (primary N) is 1. The molecule has 8 heteroatoms. The maximum Gasteiger partial charge on any atom is 0.274 e. The van der Waals surface area contributed by atoms with Gasteiger partial charge >= 0.3 is 0 Å². The van der Waals surface area contributed by atoms with Crippen molar-refractivity contribution >= 4 is 17.5 Å². The summed E-state index contributed by atoms with van der Waals surface area (Å²) >= 11 is 0. The highest BCUT2D eigenvalue weighted by Crippen LogP contribution is 2.34. The van der Waals surface area contributed by atoms with Gasteiger partial charge in [0.2, 0.25) is 0 Å². The molecule has 28 heavy (non-hydrogen) atoms. The highest BCUT2D eigenvalue weighted by atomic mass is 16.2. The number of amides is 1. The minimum atomic E-state index is 0.0679. The number of carbonyl (C=O) groups is 1. The van der Waals surface area contributed by atoms with Crippen molar-refractivity contribution in [2.75, 3.05) is 36.8 Å². The average Bonchev–Trinajstić information content (AvgIpc) is 3.06. The molecule has 0 aromatic carbocycles. The topological polar surface area (TPSA) is 93.2 Å². The van der Waals surface area contributed by atoms with Crippen LogP contribution in [-0.2, 0) is 7.05 Å². The van der Waals surface area contributed by atoms with Crippen LogP contribution in [0.1, 0.15) is 41.9 Å². The van der Waals surface area contributed by atoms with Gasteiger partial charge in [-0.25, -0.2) is 9.97 Å². The summed E-state index contributed by atoms with van der Waals surface area (Å²) in [6.07, 6.45) is 6.04. The van der Waals surface area contributed by atoms with Crippen molar-refractivity contribution in [3.63, 3.8) is 0 Å². The van der Waals surface area contributed by atoms with Gasteiger partial charge in [-0.05, 0) is 50.5 Å². The Morgan fingerprint density at radius 3 is 2.25 bits per heavy atom. The number of piperidine rings is 2. The minimum Gasteiger partial charge on any atom is -0.384 e. The van der Waals surface area contributed by atoms with Crippen LogP contribution in [0.25, 0.3) is 0 Å². The molecule has 2 saturated heterocycles. The third-order valence-electron chi connectivity index (χ3n) is 6.36. The Hall–Kier alpha value is -2.64. The second-order valence-corrected chi connectivity index (χ2v) is 8.05. The molecule has 0 bridgehead atoms. The van der Waals surface area contributed by atoms with Crippen LogP contribution < -0.4 is 10.6 Å². The number of aryl methyl sites for hydroxylation is 2. The lowest BCUT2D eigenvalue weighted by Crippen LogP contribution is -2.43. The lowest BCUT2D eigenvalue weighted by molar-refractivity contribution is 0.0639. The van der Waals surface area contributed by atoms with Crippen molar-refractivity contribution in [2.24, 2.45) is 18.9 Å². The van der Waals surface area contributed by atoms with Crippen LogP contribution in [0.2, 0.25) is 0 Å². The first-order chi connectivity index (χ1) is 13.5. The fourth-order valence-electron chi connectivity index (χ4n) is 4.54. The smallest absolute Gasteiger partial charge is 0.274 e. The summed E-state index contributed by atoms with van der Waals surface area (Å²) in [5.41, 5.74) is 7.36. The number of anilines is 2. The normalized spacial score (nSPS) is 19.2. The van der Waals surface area contributed by atoms with Crippen LogP contribution in [0.15, 0.2) is 18.5 Å². The van der Waals surface area contributed by atoms with Gasteiger partial charge in [0, 0.05) is 45.0 Å². The SMILES string of the molecule is Cc1cc(C(=O)N2CCC(C3CCN(c4cc(N)ncn4)CC3)CC2)nn1C. The molecule has 8 nitrogen and oxygen atoms in total. The molecular weight excluding hydrogens is 354 g/mol. The highest BCUT2D eigenvalue weighted by Gasteiger charge is 2.32. The van der Waals surface area contributed by atoms with E-state index in [4.69, 9.17) is 5.73 Å². The van der Waals surface area contributed by atoms with Crippen LogP contribution >= 0.6 is 0 Å². The van der Waals surface area contributed by atoms with Crippen LogP contribution in [0.5, 0.6) is 0 Å². The Kier molecular flexibility index (Phi) is 5.19. The van der Waals surface area contributed by atoms with E-state index in [2.05, 4.69) is 20.0 Å². The van der Waals surface area contributed by atoms with Gasteiger partial charge in [0.15, 0.2) is 5.69 Å². The van der Waals surface area contributed by atoms with Gasteiger partial charge in [-0.3, -0.25) is 9.48 Å². The third-order valence-corrected chi connectivity index (χ3v) is 6.36. The van der Waals surface area contributed by atoms with Crippen molar-refractivity contribution in [1.29, 1.82) is 0 Å². The number of hydrogen-bond acceptors (Lipinski definition) is 6. The monoisotopic (exact) mass is 383 g/mol. The lowest BCUT2D eigenvalue weighted by Gasteiger charge is -2.40. The lowest BCUT2D eigenvalue weighted by atomic mass is 9.78. The van der Waals surface area contributed by atoms with E-state index in [0.717, 1.165) is 56.5 Å². The van der Waals surface area contributed by atoms with Crippen molar-refractivity contribution < 1.29 is 4.79 Å². The van der Waals surface area contributed by atoms with E-state index >= 15 is 0 Å². The number of rotatable bonds is 3. The van der Waals surface area contributed by atoms with E-state index in [1.54, 1.807) is 4.68 Å². The zero-order chi connectivity index (χ0) is 19.7. The zero-order valence-corrected chi connectivity index (χ0v) is 16.7. The summed E-state index contributed by atoms with van der Waals surface area (Å²) in [5, 5.41) is 4.34. The third kappa shape index (κ3) is 3.81. The first-order valence-corrected chi connectivity index (χ1v) is 10.1. The summed E-state index contributed by atoms with van der Waals surface area (Å²) in [6, 6.07) is 3.73. The van der Waals surface area contributed by atoms with E-state index in [0.29, 0.717) is 17.4 Å². The summed E-state index contributed by atoms with van der Waals surface area (Å²) in [7, 11) is 1.88. The molecule has 2 aliphatic heterocycles. The molecule has 0 saturated carbocycles. The van der Waals surface area contributed by atoms with Crippen LogP contribution in [-0.4, -0.2) is 56.7 Å². The molecule has 0 spiro atoms. The predicted octanol–water partition coefficient (Wildman–Crippen LogP) is 1.87. The Morgan fingerprint density at radius 1 is 1.04 bits per heavy atom. The molecular formula is C20H29N7O. The molecule has 2 aromatic heterocycles. The summed E-state index contributed by atoms with van der Waals surface area (Å²) in [5.74, 6) is 2.94. The van der Waals surface area contributed by atoms with Gasteiger partial charge in [0.05, 0.1) is 0 Å². The van der Waals surface area contributed by atoms with Gasteiger partial charge in [0.1, 0.15) is 18.0 Å². The van der Waals surface area contributed by atoms with Gasteiger partial charge < -0.3 is 15.5 Å². The Morgan fingerprint density at radius 2 is 1.68 bits per heavy atom. The molecule has 2 N–H and O–H groups in total.